The van der Waals surface area contributed by atoms with Crippen LogP contribution in [0.2, 0.25) is 0 Å². The minimum absolute atomic E-state index is 0.00487. The molecule has 2 unspecified atom stereocenters. The first-order chi connectivity index (χ1) is 13.0. The van der Waals surface area contributed by atoms with E-state index in [0.717, 1.165) is 38.5 Å². The van der Waals surface area contributed by atoms with Crippen molar-refractivity contribution >= 4 is 11.9 Å². The van der Waals surface area contributed by atoms with Gasteiger partial charge >= 0.3 is 11.9 Å². The molecule has 1 rings (SSSR count). The number of ether oxygens (including phenoxy) is 1. The Morgan fingerprint density at radius 2 is 1.59 bits per heavy atom. The van der Waals surface area contributed by atoms with E-state index in [4.69, 9.17) is 4.74 Å². The van der Waals surface area contributed by atoms with Gasteiger partial charge in [-0.3, -0.25) is 0 Å². The molecule has 0 aliphatic heterocycles. The Hall–Kier alpha value is -1.84. The number of aromatic carboxylic acids is 1. The van der Waals surface area contributed by atoms with Crippen molar-refractivity contribution in [2.45, 2.75) is 91.1 Å². The Balaban J connectivity index is 2.82. The van der Waals surface area contributed by atoms with Crippen LogP contribution in [0.5, 0.6) is 0 Å². The van der Waals surface area contributed by atoms with Crippen LogP contribution in [0, 0.1) is 5.92 Å². The zero-order valence-corrected chi connectivity index (χ0v) is 17.2. The summed E-state index contributed by atoms with van der Waals surface area (Å²) in [5.41, 5.74) is 0.149. The van der Waals surface area contributed by atoms with E-state index in [-0.39, 0.29) is 17.2 Å². The van der Waals surface area contributed by atoms with Crippen molar-refractivity contribution in [2.75, 3.05) is 0 Å². The molecule has 0 amide bonds. The van der Waals surface area contributed by atoms with Crippen molar-refractivity contribution in [2.24, 2.45) is 5.92 Å². The molecule has 4 nitrogen and oxygen atoms in total. The molecular formula is C23H36O4. The van der Waals surface area contributed by atoms with Gasteiger partial charge in [0.1, 0.15) is 6.10 Å². The molecule has 0 fully saturated rings. The molecule has 0 spiro atoms. The average Bonchev–Trinajstić information content (AvgIpc) is 2.67. The number of carboxylic acid groups (broad SMARTS) is 1. The molecule has 4 heteroatoms. The maximum atomic E-state index is 12.7. The molecule has 27 heavy (non-hydrogen) atoms. The maximum absolute atomic E-state index is 12.7. The van der Waals surface area contributed by atoms with E-state index in [2.05, 4.69) is 20.8 Å². The summed E-state index contributed by atoms with van der Waals surface area (Å²) in [5, 5.41) is 9.32. The van der Waals surface area contributed by atoms with Gasteiger partial charge in [-0.25, -0.2) is 9.59 Å². The van der Waals surface area contributed by atoms with Gasteiger partial charge in [0, 0.05) is 0 Å². The molecule has 0 saturated heterocycles. The summed E-state index contributed by atoms with van der Waals surface area (Å²) in [7, 11) is 0. The molecule has 0 bridgehead atoms. The van der Waals surface area contributed by atoms with Crippen molar-refractivity contribution in [1.82, 2.24) is 0 Å². The topological polar surface area (TPSA) is 63.6 Å². The fourth-order valence-electron chi connectivity index (χ4n) is 3.44. The number of carbonyl (C=O) groups excluding carboxylic acids is 1. The molecule has 152 valence electrons. The molecule has 1 aromatic carbocycles. The van der Waals surface area contributed by atoms with E-state index >= 15 is 0 Å². The van der Waals surface area contributed by atoms with Crippen LogP contribution in [0.3, 0.4) is 0 Å². The highest BCUT2D eigenvalue weighted by atomic mass is 16.5. The largest absolute Gasteiger partial charge is 0.478 e. The van der Waals surface area contributed by atoms with Crippen LogP contribution in [0.4, 0.5) is 0 Å². The molecule has 0 heterocycles. The normalized spacial score (nSPS) is 13.1. The molecular weight excluding hydrogens is 340 g/mol. The number of rotatable bonds is 14. The second-order valence-corrected chi connectivity index (χ2v) is 7.38. The quantitative estimate of drug-likeness (QED) is 0.298. The second kappa shape index (κ2) is 13.3. The highest BCUT2D eigenvalue weighted by molar-refractivity contribution is 6.02. The van der Waals surface area contributed by atoms with Gasteiger partial charge in [-0.1, -0.05) is 77.8 Å². The summed E-state index contributed by atoms with van der Waals surface area (Å²) in [6.07, 6.45) is 10.7. The first-order valence-corrected chi connectivity index (χ1v) is 10.6. The lowest BCUT2D eigenvalue weighted by molar-refractivity contribution is 0.0202. The lowest BCUT2D eigenvalue weighted by Crippen LogP contribution is -2.23. The maximum Gasteiger partial charge on any atom is 0.339 e. The Labute approximate surface area is 164 Å². The summed E-state index contributed by atoms with van der Waals surface area (Å²) in [5.74, 6) is -1.07. The Kier molecular flexibility index (Phi) is 11.5. The average molecular weight is 377 g/mol. The fourth-order valence-corrected chi connectivity index (χ4v) is 3.44. The van der Waals surface area contributed by atoms with Gasteiger partial charge in [-0.05, 0) is 37.3 Å². The molecule has 0 radical (unpaired) electrons. The van der Waals surface area contributed by atoms with Gasteiger partial charge in [0.05, 0.1) is 11.1 Å². The number of benzene rings is 1. The van der Waals surface area contributed by atoms with Crippen LogP contribution >= 0.6 is 0 Å². The Morgan fingerprint density at radius 1 is 0.926 bits per heavy atom. The van der Waals surface area contributed by atoms with Gasteiger partial charge in [0.15, 0.2) is 0 Å². The van der Waals surface area contributed by atoms with Crippen LogP contribution < -0.4 is 0 Å². The second-order valence-electron chi connectivity index (χ2n) is 7.38. The minimum atomic E-state index is -1.10. The van der Waals surface area contributed by atoms with E-state index in [1.54, 1.807) is 12.1 Å². The van der Waals surface area contributed by atoms with Gasteiger partial charge in [-0.2, -0.15) is 0 Å². The predicted octanol–water partition coefficient (Wildman–Crippen LogP) is 6.49. The van der Waals surface area contributed by atoms with Gasteiger partial charge in [-0.15, -0.1) is 0 Å². The first kappa shape index (κ1) is 23.2. The van der Waals surface area contributed by atoms with E-state index in [0.29, 0.717) is 5.92 Å². The Bertz CT molecular complexity index is 567. The SMILES string of the molecule is CCCCCCC(CC(CC)CCCC)OC(=O)c1ccccc1C(=O)O. The zero-order valence-electron chi connectivity index (χ0n) is 17.2. The van der Waals surface area contributed by atoms with Crippen LogP contribution in [0.1, 0.15) is 106 Å². The summed E-state index contributed by atoms with van der Waals surface area (Å²) < 4.78 is 5.82. The van der Waals surface area contributed by atoms with Gasteiger partial charge in [0.2, 0.25) is 0 Å². The lowest BCUT2D eigenvalue weighted by atomic mass is 9.91. The molecule has 2 atom stereocenters. The van der Waals surface area contributed by atoms with Crippen molar-refractivity contribution in [3.05, 3.63) is 35.4 Å². The number of carbonyl (C=O) groups is 2. The molecule has 0 saturated carbocycles. The Morgan fingerprint density at radius 3 is 2.19 bits per heavy atom. The van der Waals surface area contributed by atoms with Crippen LogP contribution in [0.25, 0.3) is 0 Å². The van der Waals surface area contributed by atoms with Crippen molar-refractivity contribution in [1.29, 1.82) is 0 Å². The smallest absolute Gasteiger partial charge is 0.339 e. The molecule has 1 N–H and O–H groups in total. The van der Waals surface area contributed by atoms with E-state index in [1.807, 2.05) is 0 Å². The molecule has 0 aromatic heterocycles. The number of carboxylic acids is 1. The van der Waals surface area contributed by atoms with E-state index in [1.165, 1.54) is 37.8 Å². The summed E-state index contributed by atoms with van der Waals surface area (Å²) in [4.78, 5) is 24.1. The third-order valence-electron chi connectivity index (χ3n) is 5.17. The highest BCUT2D eigenvalue weighted by Crippen LogP contribution is 2.24. The third-order valence-corrected chi connectivity index (χ3v) is 5.17. The third kappa shape index (κ3) is 8.59. The van der Waals surface area contributed by atoms with Gasteiger partial charge in [0.25, 0.3) is 0 Å². The summed E-state index contributed by atoms with van der Waals surface area (Å²) in [6, 6.07) is 6.29. The number of esters is 1. The van der Waals surface area contributed by atoms with Crippen molar-refractivity contribution < 1.29 is 19.4 Å². The minimum Gasteiger partial charge on any atom is -0.478 e. The lowest BCUT2D eigenvalue weighted by Gasteiger charge is -2.23. The first-order valence-electron chi connectivity index (χ1n) is 10.6. The summed E-state index contributed by atoms with van der Waals surface area (Å²) in [6.45, 7) is 6.56. The van der Waals surface area contributed by atoms with E-state index in [9.17, 15) is 14.7 Å². The summed E-state index contributed by atoms with van der Waals surface area (Å²) >= 11 is 0. The fraction of sp³-hybridized carbons (Fsp3) is 0.652. The van der Waals surface area contributed by atoms with Crippen LogP contribution in [-0.2, 0) is 4.74 Å². The van der Waals surface area contributed by atoms with E-state index < -0.39 is 11.9 Å². The molecule has 0 aliphatic rings. The molecule has 1 aromatic rings. The zero-order chi connectivity index (χ0) is 20.1. The van der Waals surface area contributed by atoms with Crippen LogP contribution in [0.15, 0.2) is 24.3 Å². The number of hydrogen-bond donors (Lipinski definition) is 1. The van der Waals surface area contributed by atoms with Crippen molar-refractivity contribution in [3.8, 4) is 0 Å². The number of hydrogen-bond acceptors (Lipinski definition) is 3. The predicted molar refractivity (Wildman–Crippen MR) is 109 cm³/mol. The standard InChI is InChI=1S/C23H36O4/c1-4-7-9-10-14-19(17-18(6-3)13-8-5-2)27-23(26)21-16-12-11-15-20(21)22(24)25/h11-12,15-16,18-19H,4-10,13-14,17H2,1-3H3,(H,24,25). The number of unbranched alkanes of at least 4 members (excludes halogenated alkanes) is 4. The highest BCUT2D eigenvalue weighted by Gasteiger charge is 2.23. The van der Waals surface area contributed by atoms with Crippen molar-refractivity contribution in [3.63, 3.8) is 0 Å². The monoisotopic (exact) mass is 376 g/mol. The van der Waals surface area contributed by atoms with Gasteiger partial charge < -0.3 is 9.84 Å². The van der Waals surface area contributed by atoms with Crippen LogP contribution in [-0.4, -0.2) is 23.1 Å². The molecule has 0 aliphatic carbocycles.